The van der Waals surface area contributed by atoms with Gasteiger partial charge in [0, 0.05) is 17.6 Å². The fraction of sp³-hybridized carbons (Fsp3) is 0.357. The van der Waals surface area contributed by atoms with Gasteiger partial charge in [-0.1, -0.05) is 6.07 Å². The molecule has 0 amide bonds. The molecule has 18 heavy (non-hydrogen) atoms. The van der Waals surface area contributed by atoms with Gasteiger partial charge in [0.05, 0.1) is 12.6 Å². The molecule has 96 valence electrons. The van der Waals surface area contributed by atoms with Crippen LogP contribution < -0.4 is 4.90 Å². The Balaban J connectivity index is 2.19. The normalized spacial score (nSPS) is 12.4. The van der Waals surface area contributed by atoms with Gasteiger partial charge in [0.15, 0.2) is 0 Å². The molecule has 0 saturated heterocycles. The Morgan fingerprint density at radius 1 is 1.44 bits per heavy atom. The summed E-state index contributed by atoms with van der Waals surface area (Å²) in [5.74, 6) is 0.921. The zero-order chi connectivity index (χ0) is 13.0. The summed E-state index contributed by atoms with van der Waals surface area (Å²) in [5, 5.41) is 11.7. The second-order valence-electron chi connectivity index (χ2n) is 4.22. The molecule has 0 aliphatic heterocycles. The van der Waals surface area contributed by atoms with E-state index in [9.17, 15) is 5.11 Å². The molecule has 0 radical (unpaired) electrons. The number of hydrogen-bond donors (Lipinski definition) is 1. The summed E-state index contributed by atoms with van der Waals surface area (Å²) < 4.78 is 0. The number of aliphatic hydroxyl groups excluding tert-OH is 1. The SMILES string of the molecule is CCN(Cc1cccs1)c1cc(C(C)O)ccn1. The van der Waals surface area contributed by atoms with Gasteiger partial charge in [0.2, 0.25) is 0 Å². The number of aliphatic hydroxyl groups is 1. The van der Waals surface area contributed by atoms with Crippen LogP contribution in [-0.2, 0) is 6.54 Å². The second kappa shape index (κ2) is 5.98. The lowest BCUT2D eigenvalue weighted by molar-refractivity contribution is 0.199. The Labute approximate surface area is 112 Å². The fourth-order valence-corrected chi connectivity index (χ4v) is 2.53. The summed E-state index contributed by atoms with van der Waals surface area (Å²) in [4.78, 5) is 7.92. The molecule has 3 nitrogen and oxygen atoms in total. The highest BCUT2D eigenvalue weighted by Gasteiger charge is 2.09. The number of pyridine rings is 1. The molecule has 0 bridgehead atoms. The largest absolute Gasteiger partial charge is 0.389 e. The van der Waals surface area contributed by atoms with Crippen LogP contribution in [0.15, 0.2) is 35.8 Å². The Morgan fingerprint density at radius 3 is 2.89 bits per heavy atom. The molecule has 2 heterocycles. The molecule has 0 aliphatic rings. The maximum Gasteiger partial charge on any atom is 0.129 e. The predicted octanol–water partition coefficient (Wildman–Crippen LogP) is 3.22. The molecule has 0 aliphatic carbocycles. The lowest BCUT2D eigenvalue weighted by atomic mass is 10.1. The highest BCUT2D eigenvalue weighted by molar-refractivity contribution is 7.09. The van der Waals surface area contributed by atoms with Crippen LogP contribution in [0.2, 0.25) is 0 Å². The molecule has 4 heteroatoms. The van der Waals surface area contributed by atoms with Crippen molar-refractivity contribution in [3.8, 4) is 0 Å². The summed E-state index contributed by atoms with van der Waals surface area (Å²) >= 11 is 1.75. The first kappa shape index (κ1) is 13.1. The van der Waals surface area contributed by atoms with Crippen molar-refractivity contribution in [1.82, 2.24) is 4.98 Å². The number of thiophene rings is 1. The Bertz CT molecular complexity index is 482. The third-order valence-corrected chi connectivity index (χ3v) is 3.75. The van der Waals surface area contributed by atoms with Gasteiger partial charge in [-0.05, 0) is 43.0 Å². The highest BCUT2D eigenvalue weighted by Crippen LogP contribution is 2.20. The summed E-state index contributed by atoms with van der Waals surface area (Å²) in [5.41, 5.74) is 0.907. The Hall–Kier alpha value is -1.39. The first-order valence-corrected chi connectivity index (χ1v) is 7.00. The predicted molar refractivity (Wildman–Crippen MR) is 75.9 cm³/mol. The maximum absolute atomic E-state index is 9.62. The number of aromatic nitrogens is 1. The first-order chi connectivity index (χ1) is 8.70. The van der Waals surface area contributed by atoms with E-state index in [0.29, 0.717) is 0 Å². The molecule has 1 atom stereocenters. The fourth-order valence-electron chi connectivity index (χ4n) is 1.81. The third-order valence-electron chi connectivity index (χ3n) is 2.88. The minimum absolute atomic E-state index is 0.452. The smallest absolute Gasteiger partial charge is 0.129 e. The van der Waals surface area contributed by atoms with Crippen molar-refractivity contribution in [3.05, 3.63) is 46.3 Å². The van der Waals surface area contributed by atoms with Crippen LogP contribution in [0.5, 0.6) is 0 Å². The summed E-state index contributed by atoms with van der Waals surface area (Å²) in [6.45, 7) is 5.65. The van der Waals surface area contributed by atoms with Crippen molar-refractivity contribution >= 4 is 17.2 Å². The van der Waals surface area contributed by atoms with Crippen LogP contribution in [0.1, 0.15) is 30.4 Å². The van der Waals surface area contributed by atoms with E-state index in [-0.39, 0.29) is 0 Å². The van der Waals surface area contributed by atoms with E-state index >= 15 is 0 Å². The van der Waals surface area contributed by atoms with Crippen molar-refractivity contribution in [1.29, 1.82) is 0 Å². The third kappa shape index (κ3) is 3.09. The minimum Gasteiger partial charge on any atom is -0.389 e. The maximum atomic E-state index is 9.62. The van der Waals surface area contributed by atoms with E-state index in [1.54, 1.807) is 24.5 Å². The van der Waals surface area contributed by atoms with Gasteiger partial charge < -0.3 is 10.0 Å². The van der Waals surface area contributed by atoms with E-state index in [2.05, 4.69) is 34.3 Å². The average molecular weight is 262 g/mol. The van der Waals surface area contributed by atoms with E-state index in [0.717, 1.165) is 24.5 Å². The van der Waals surface area contributed by atoms with Gasteiger partial charge in [0.1, 0.15) is 5.82 Å². The van der Waals surface area contributed by atoms with Crippen molar-refractivity contribution in [2.24, 2.45) is 0 Å². The topological polar surface area (TPSA) is 36.4 Å². The second-order valence-corrected chi connectivity index (χ2v) is 5.25. The number of anilines is 1. The minimum atomic E-state index is -0.452. The Kier molecular flexibility index (Phi) is 4.33. The van der Waals surface area contributed by atoms with Crippen molar-refractivity contribution in [2.45, 2.75) is 26.5 Å². The Morgan fingerprint density at radius 2 is 2.28 bits per heavy atom. The summed E-state index contributed by atoms with van der Waals surface area (Å²) in [6.07, 6.45) is 1.31. The summed E-state index contributed by atoms with van der Waals surface area (Å²) in [7, 11) is 0. The van der Waals surface area contributed by atoms with Gasteiger partial charge in [-0.3, -0.25) is 0 Å². The van der Waals surface area contributed by atoms with Crippen molar-refractivity contribution in [2.75, 3.05) is 11.4 Å². The van der Waals surface area contributed by atoms with E-state index < -0.39 is 6.10 Å². The van der Waals surface area contributed by atoms with Gasteiger partial charge in [-0.15, -0.1) is 11.3 Å². The number of hydrogen-bond acceptors (Lipinski definition) is 4. The van der Waals surface area contributed by atoms with Gasteiger partial charge in [-0.2, -0.15) is 0 Å². The molecule has 0 fully saturated rings. The van der Waals surface area contributed by atoms with Gasteiger partial charge in [0.25, 0.3) is 0 Å². The standard InChI is InChI=1S/C14H18N2OS/c1-3-16(10-13-5-4-8-18-13)14-9-12(11(2)17)6-7-15-14/h4-9,11,17H,3,10H2,1-2H3. The van der Waals surface area contributed by atoms with Crippen molar-refractivity contribution < 1.29 is 5.11 Å². The van der Waals surface area contributed by atoms with Gasteiger partial charge in [-0.25, -0.2) is 4.98 Å². The van der Waals surface area contributed by atoms with Gasteiger partial charge >= 0.3 is 0 Å². The zero-order valence-electron chi connectivity index (χ0n) is 10.7. The molecule has 1 unspecified atom stereocenters. The zero-order valence-corrected chi connectivity index (χ0v) is 11.5. The average Bonchev–Trinajstić information content (AvgIpc) is 2.89. The quantitative estimate of drug-likeness (QED) is 0.898. The first-order valence-electron chi connectivity index (χ1n) is 6.12. The molecule has 0 aromatic carbocycles. The van der Waals surface area contributed by atoms with Crippen LogP contribution in [0.3, 0.4) is 0 Å². The lowest BCUT2D eigenvalue weighted by Gasteiger charge is -2.22. The molecule has 2 aromatic rings. The van der Waals surface area contributed by atoms with Crippen LogP contribution >= 0.6 is 11.3 Å². The molecule has 2 aromatic heterocycles. The molecule has 0 saturated carbocycles. The van der Waals surface area contributed by atoms with E-state index in [1.165, 1.54) is 4.88 Å². The van der Waals surface area contributed by atoms with Crippen LogP contribution in [0.4, 0.5) is 5.82 Å². The van der Waals surface area contributed by atoms with Crippen molar-refractivity contribution in [3.63, 3.8) is 0 Å². The molecular weight excluding hydrogens is 244 g/mol. The molecule has 0 spiro atoms. The summed E-state index contributed by atoms with van der Waals surface area (Å²) in [6, 6.07) is 8.01. The highest BCUT2D eigenvalue weighted by atomic mass is 32.1. The molecule has 1 N–H and O–H groups in total. The van der Waals surface area contributed by atoms with Crippen LogP contribution in [0.25, 0.3) is 0 Å². The molecule has 2 rings (SSSR count). The van der Waals surface area contributed by atoms with Crippen LogP contribution in [0, 0.1) is 0 Å². The molecular formula is C14H18N2OS. The van der Waals surface area contributed by atoms with E-state index in [4.69, 9.17) is 0 Å². The monoisotopic (exact) mass is 262 g/mol. The van der Waals surface area contributed by atoms with Crippen LogP contribution in [-0.4, -0.2) is 16.6 Å². The van der Waals surface area contributed by atoms with E-state index in [1.807, 2.05) is 12.1 Å². The lowest BCUT2D eigenvalue weighted by Crippen LogP contribution is -2.22. The number of rotatable bonds is 5. The number of nitrogens with zero attached hydrogens (tertiary/aromatic N) is 2.